The Morgan fingerprint density at radius 3 is 2.56 bits per heavy atom. The Balaban J connectivity index is 2.40. The van der Waals surface area contributed by atoms with E-state index in [-0.39, 0.29) is 0 Å². The van der Waals surface area contributed by atoms with Crippen LogP contribution in [0.25, 0.3) is 0 Å². The van der Waals surface area contributed by atoms with Crippen molar-refractivity contribution in [3.05, 3.63) is 34.9 Å². The fourth-order valence-electron chi connectivity index (χ4n) is 1.77. The third-order valence-corrected chi connectivity index (χ3v) is 2.98. The zero-order valence-electron chi connectivity index (χ0n) is 9.79. The molecule has 1 rings (SSSR count). The SMILES string of the molecule is COCCCC(CN)Cc1ccc(Cl)cc1. The van der Waals surface area contributed by atoms with Gasteiger partial charge in [0.05, 0.1) is 0 Å². The highest BCUT2D eigenvalue weighted by atomic mass is 35.5. The van der Waals surface area contributed by atoms with Crippen LogP contribution in [0, 0.1) is 5.92 Å². The Hall–Kier alpha value is -0.570. The highest BCUT2D eigenvalue weighted by molar-refractivity contribution is 6.30. The van der Waals surface area contributed by atoms with E-state index in [1.165, 1.54) is 5.56 Å². The minimum absolute atomic E-state index is 0.538. The van der Waals surface area contributed by atoms with Crippen molar-refractivity contribution in [2.75, 3.05) is 20.3 Å². The predicted molar refractivity (Wildman–Crippen MR) is 68.8 cm³/mol. The van der Waals surface area contributed by atoms with Gasteiger partial charge in [0.25, 0.3) is 0 Å². The largest absolute Gasteiger partial charge is 0.385 e. The molecule has 0 radical (unpaired) electrons. The second-order valence-electron chi connectivity index (χ2n) is 4.07. The third-order valence-electron chi connectivity index (χ3n) is 2.73. The van der Waals surface area contributed by atoms with E-state index >= 15 is 0 Å². The fourth-order valence-corrected chi connectivity index (χ4v) is 1.90. The molecule has 0 aromatic heterocycles. The van der Waals surface area contributed by atoms with Gasteiger partial charge in [-0.1, -0.05) is 23.7 Å². The van der Waals surface area contributed by atoms with E-state index in [1.54, 1.807) is 7.11 Å². The van der Waals surface area contributed by atoms with E-state index < -0.39 is 0 Å². The Morgan fingerprint density at radius 2 is 2.00 bits per heavy atom. The molecule has 0 saturated heterocycles. The van der Waals surface area contributed by atoms with E-state index in [4.69, 9.17) is 22.1 Å². The second kappa shape index (κ2) is 7.66. The molecule has 0 amide bonds. The van der Waals surface area contributed by atoms with Gasteiger partial charge in [-0.25, -0.2) is 0 Å². The van der Waals surface area contributed by atoms with Gasteiger partial charge in [-0.2, -0.15) is 0 Å². The van der Waals surface area contributed by atoms with Crippen LogP contribution >= 0.6 is 11.6 Å². The van der Waals surface area contributed by atoms with Gasteiger partial charge in [-0.3, -0.25) is 0 Å². The van der Waals surface area contributed by atoms with E-state index in [9.17, 15) is 0 Å². The molecule has 3 heteroatoms. The molecule has 0 aliphatic carbocycles. The van der Waals surface area contributed by atoms with Crippen molar-refractivity contribution in [1.82, 2.24) is 0 Å². The molecule has 1 aromatic carbocycles. The van der Waals surface area contributed by atoms with E-state index in [2.05, 4.69) is 12.1 Å². The Kier molecular flexibility index (Phi) is 6.46. The van der Waals surface area contributed by atoms with Crippen molar-refractivity contribution in [2.24, 2.45) is 11.7 Å². The van der Waals surface area contributed by atoms with Crippen LogP contribution in [0.3, 0.4) is 0 Å². The van der Waals surface area contributed by atoms with Crippen LogP contribution in [0.2, 0.25) is 5.02 Å². The standard InChI is InChI=1S/C13H20ClNO/c1-16-8-2-3-12(10-15)9-11-4-6-13(14)7-5-11/h4-7,12H,2-3,8-10,15H2,1H3. The third kappa shape index (κ3) is 4.97. The summed E-state index contributed by atoms with van der Waals surface area (Å²) in [5.41, 5.74) is 7.07. The lowest BCUT2D eigenvalue weighted by molar-refractivity contribution is 0.187. The minimum Gasteiger partial charge on any atom is -0.385 e. The van der Waals surface area contributed by atoms with E-state index in [0.717, 1.165) is 37.4 Å². The lowest BCUT2D eigenvalue weighted by Crippen LogP contribution is -2.17. The molecule has 1 unspecified atom stereocenters. The quantitative estimate of drug-likeness (QED) is 0.745. The summed E-state index contributed by atoms with van der Waals surface area (Å²) in [5, 5.41) is 0.785. The summed E-state index contributed by atoms with van der Waals surface area (Å²) in [7, 11) is 1.73. The van der Waals surface area contributed by atoms with Crippen LogP contribution in [0.4, 0.5) is 0 Å². The van der Waals surface area contributed by atoms with Gasteiger partial charge in [0, 0.05) is 18.7 Å². The minimum atomic E-state index is 0.538. The first-order valence-corrected chi connectivity index (χ1v) is 6.07. The molecular weight excluding hydrogens is 222 g/mol. The summed E-state index contributed by atoms with van der Waals surface area (Å²) in [5.74, 6) is 0.538. The zero-order valence-corrected chi connectivity index (χ0v) is 10.5. The number of benzene rings is 1. The molecule has 0 bridgehead atoms. The molecular formula is C13H20ClNO. The zero-order chi connectivity index (χ0) is 11.8. The van der Waals surface area contributed by atoms with Crippen molar-refractivity contribution in [1.29, 1.82) is 0 Å². The smallest absolute Gasteiger partial charge is 0.0462 e. The van der Waals surface area contributed by atoms with Crippen molar-refractivity contribution in [3.63, 3.8) is 0 Å². The van der Waals surface area contributed by atoms with E-state index in [1.807, 2.05) is 12.1 Å². The summed E-state index contributed by atoms with van der Waals surface area (Å²) in [6.45, 7) is 1.55. The maximum absolute atomic E-state index is 5.84. The molecule has 0 saturated carbocycles. The molecule has 0 aliphatic heterocycles. The van der Waals surface area contributed by atoms with Gasteiger partial charge in [0.2, 0.25) is 0 Å². The van der Waals surface area contributed by atoms with Gasteiger partial charge in [-0.05, 0) is 49.4 Å². The number of methoxy groups -OCH3 is 1. The molecule has 0 fully saturated rings. The number of hydrogen-bond acceptors (Lipinski definition) is 2. The normalized spacial score (nSPS) is 12.7. The molecule has 0 aliphatic rings. The summed E-state index contributed by atoms with van der Waals surface area (Å²) in [6, 6.07) is 8.00. The van der Waals surface area contributed by atoms with Crippen LogP contribution in [0.5, 0.6) is 0 Å². The first kappa shape index (κ1) is 13.5. The Morgan fingerprint density at radius 1 is 1.31 bits per heavy atom. The number of nitrogens with two attached hydrogens (primary N) is 1. The number of halogens is 1. The number of rotatable bonds is 7. The molecule has 2 N–H and O–H groups in total. The lowest BCUT2D eigenvalue weighted by Gasteiger charge is -2.14. The monoisotopic (exact) mass is 241 g/mol. The van der Waals surface area contributed by atoms with Gasteiger partial charge >= 0.3 is 0 Å². The Bertz CT molecular complexity index is 286. The highest BCUT2D eigenvalue weighted by Gasteiger charge is 2.07. The summed E-state index contributed by atoms with van der Waals surface area (Å²) < 4.78 is 5.04. The number of ether oxygens (including phenoxy) is 1. The second-order valence-corrected chi connectivity index (χ2v) is 4.50. The van der Waals surface area contributed by atoms with Crippen LogP contribution in [-0.4, -0.2) is 20.3 Å². The average Bonchev–Trinajstić information content (AvgIpc) is 2.31. The first-order chi connectivity index (χ1) is 7.76. The summed E-state index contributed by atoms with van der Waals surface area (Å²) in [6.07, 6.45) is 3.22. The van der Waals surface area contributed by atoms with Crippen molar-refractivity contribution in [2.45, 2.75) is 19.3 Å². The van der Waals surface area contributed by atoms with Crippen molar-refractivity contribution >= 4 is 11.6 Å². The molecule has 1 aromatic rings. The predicted octanol–water partition coefficient (Wildman–Crippen LogP) is 2.88. The molecule has 0 spiro atoms. The first-order valence-electron chi connectivity index (χ1n) is 5.69. The van der Waals surface area contributed by atoms with Gasteiger partial charge in [-0.15, -0.1) is 0 Å². The molecule has 90 valence electrons. The average molecular weight is 242 g/mol. The lowest BCUT2D eigenvalue weighted by atomic mass is 9.95. The van der Waals surface area contributed by atoms with Crippen LogP contribution in [-0.2, 0) is 11.2 Å². The highest BCUT2D eigenvalue weighted by Crippen LogP contribution is 2.16. The fraction of sp³-hybridized carbons (Fsp3) is 0.538. The van der Waals surface area contributed by atoms with Crippen LogP contribution < -0.4 is 5.73 Å². The van der Waals surface area contributed by atoms with E-state index in [0.29, 0.717) is 5.92 Å². The van der Waals surface area contributed by atoms with Crippen molar-refractivity contribution in [3.8, 4) is 0 Å². The van der Waals surface area contributed by atoms with Crippen LogP contribution in [0.15, 0.2) is 24.3 Å². The Labute approximate surface area is 103 Å². The maximum atomic E-state index is 5.84. The molecule has 0 heterocycles. The maximum Gasteiger partial charge on any atom is 0.0462 e. The van der Waals surface area contributed by atoms with Gasteiger partial charge in [0.1, 0.15) is 0 Å². The summed E-state index contributed by atoms with van der Waals surface area (Å²) in [4.78, 5) is 0. The molecule has 1 atom stereocenters. The molecule has 16 heavy (non-hydrogen) atoms. The van der Waals surface area contributed by atoms with Crippen molar-refractivity contribution < 1.29 is 4.74 Å². The molecule has 2 nitrogen and oxygen atoms in total. The van der Waals surface area contributed by atoms with Gasteiger partial charge in [0.15, 0.2) is 0 Å². The topological polar surface area (TPSA) is 35.2 Å². The van der Waals surface area contributed by atoms with Crippen LogP contribution in [0.1, 0.15) is 18.4 Å². The van der Waals surface area contributed by atoms with Gasteiger partial charge < -0.3 is 10.5 Å². The number of hydrogen-bond donors (Lipinski definition) is 1. The summed E-state index contributed by atoms with van der Waals surface area (Å²) >= 11 is 5.84.